The number of likely N-dealkylation sites (tertiary alicyclic amines) is 1. The molecule has 1 aromatic heterocycles. The highest BCUT2D eigenvalue weighted by molar-refractivity contribution is 7.99. The summed E-state index contributed by atoms with van der Waals surface area (Å²) in [5, 5.41) is 0.973. The van der Waals surface area contributed by atoms with Crippen LogP contribution in [0.4, 0.5) is 0 Å². The minimum atomic E-state index is 0.973. The van der Waals surface area contributed by atoms with Gasteiger partial charge in [0, 0.05) is 18.0 Å². The van der Waals surface area contributed by atoms with Crippen molar-refractivity contribution in [1.29, 1.82) is 0 Å². The number of rotatable bonds is 8. The fourth-order valence-corrected chi connectivity index (χ4v) is 3.89. The molecule has 0 atom stereocenters. The zero-order chi connectivity index (χ0) is 15.6. The van der Waals surface area contributed by atoms with E-state index < -0.39 is 0 Å². The van der Waals surface area contributed by atoms with Crippen LogP contribution in [0.2, 0.25) is 0 Å². The molecule has 0 saturated carbocycles. The standard InChI is InChI=1S/C18H31N3S/c1-3-4-5-10-13-22-18-19-16(2)14-17(20-18)15-21-11-8-6-7-9-12-21/h14H,3-13,15H2,1-2H3. The molecular formula is C18H31N3S. The molecule has 1 aromatic rings. The molecule has 0 N–H and O–H groups in total. The van der Waals surface area contributed by atoms with E-state index in [9.17, 15) is 0 Å². The van der Waals surface area contributed by atoms with Gasteiger partial charge in [0.25, 0.3) is 0 Å². The number of thioether (sulfide) groups is 1. The number of hydrogen-bond acceptors (Lipinski definition) is 4. The summed E-state index contributed by atoms with van der Waals surface area (Å²) in [6, 6.07) is 2.16. The van der Waals surface area contributed by atoms with E-state index in [1.807, 2.05) is 11.8 Å². The van der Waals surface area contributed by atoms with Gasteiger partial charge in [0.1, 0.15) is 0 Å². The van der Waals surface area contributed by atoms with Crippen molar-refractivity contribution < 1.29 is 0 Å². The van der Waals surface area contributed by atoms with E-state index in [-0.39, 0.29) is 0 Å². The molecule has 22 heavy (non-hydrogen) atoms. The SMILES string of the molecule is CCCCCCSc1nc(C)cc(CN2CCCCCC2)n1. The lowest BCUT2D eigenvalue weighted by Crippen LogP contribution is -2.24. The van der Waals surface area contributed by atoms with E-state index in [0.717, 1.165) is 23.1 Å². The Kier molecular flexibility index (Phi) is 8.24. The van der Waals surface area contributed by atoms with Crippen LogP contribution < -0.4 is 0 Å². The van der Waals surface area contributed by atoms with Crippen LogP contribution in [0.3, 0.4) is 0 Å². The van der Waals surface area contributed by atoms with Crippen molar-refractivity contribution in [3.8, 4) is 0 Å². The average molecular weight is 322 g/mol. The topological polar surface area (TPSA) is 29.0 Å². The molecule has 0 aliphatic carbocycles. The van der Waals surface area contributed by atoms with E-state index in [0.29, 0.717) is 0 Å². The second-order valence-electron chi connectivity index (χ2n) is 6.38. The normalized spacial score (nSPS) is 16.6. The number of nitrogens with zero attached hydrogens (tertiary/aromatic N) is 3. The fourth-order valence-electron chi connectivity index (χ4n) is 2.97. The molecule has 0 radical (unpaired) electrons. The Balaban J connectivity index is 1.85. The molecule has 0 spiro atoms. The lowest BCUT2D eigenvalue weighted by molar-refractivity contribution is 0.273. The van der Waals surface area contributed by atoms with Crippen molar-refractivity contribution >= 4 is 11.8 Å². The molecule has 3 nitrogen and oxygen atoms in total. The van der Waals surface area contributed by atoms with Crippen LogP contribution >= 0.6 is 11.8 Å². The van der Waals surface area contributed by atoms with Crippen molar-refractivity contribution in [1.82, 2.24) is 14.9 Å². The zero-order valence-corrected chi connectivity index (χ0v) is 15.1. The van der Waals surface area contributed by atoms with Crippen LogP contribution in [0, 0.1) is 6.92 Å². The largest absolute Gasteiger partial charge is 0.298 e. The Morgan fingerprint density at radius 3 is 2.55 bits per heavy atom. The number of unbranched alkanes of at least 4 members (excludes halogenated alkanes) is 3. The van der Waals surface area contributed by atoms with E-state index in [2.05, 4.69) is 29.8 Å². The van der Waals surface area contributed by atoms with Crippen LogP contribution in [-0.4, -0.2) is 33.7 Å². The molecule has 4 heteroatoms. The van der Waals surface area contributed by atoms with Gasteiger partial charge in [-0.05, 0) is 45.3 Å². The second kappa shape index (κ2) is 10.2. The van der Waals surface area contributed by atoms with E-state index in [4.69, 9.17) is 4.98 Å². The minimum absolute atomic E-state index is 0.973. The Morgan fingerprint density at radius 1 is 1.05 bits per heavy atom. The van der Waals surface area contributed by atoms with Crippen molar-refractivity contribution in [2.75, 3.05) is 18.8 Å². The predicted molar refractivity (Wildman–Crippen MR) is 95.4 cm³/mol. The second-order valence-corrected chi connectivity index (χ2v) is 7.44. The average Bonchev–Trinajstić information content (AvgIpc) is 2.75. The molecule has 0 unspecified atom stereocenters. The lowest BCUT2D eigenvalue weighted by atomic mass is 10.2. The maximum Gasteiger partial charge on any atom is 0.188 e. The molecule has 0 amide bonds. The number of aromatic nitrogens is 2. The summed E-state index contributed by atoms with van der Waals surface area (Å²) in [7, 11) is 0. The molecular weight excluding hydrogens is 290 g/mol. The summed E-state index contributed by atoms with van der Waals surface area (Å²) < 4.78 is 0. The summed E-state index contributed by atoms with van der Waals surface area (Å²) in [6.07, 6.45) is 10.7. The zero-order valence-electron chi connectivity index (χ0n) is 14.3. The highest BCUT2D eigenvalue weighted by atomic mass is 32.2. The molecule has 2 heterocycles. The van der Waals surface area contributed by atoms with Gasteiger partial charge in [-0.25, -0.2) is 9.97 Å². The maximum absolute atomic E-state index is 4.79. The van der Waals surface area contributed by atoms with Gasteiger partial charge in [0.15, 0.2) is 5.16 Å². The summed E-state index contributed by atoms with van der Waals surface area (Å²) in [5.41, 5.74) is 2.31. The highest BCUT2D eigenvalue weighted by Gasteiger charge is 2.11. The third-order valence-electron chi connectivity index (χ3n) is 4.20. The Labute approximate surface area is 140 Å². The summed E-state index contributed by atoms with van der Waals surface area (Å²) in [6.45, 7) is 7.79. The van der Waals surface area contributed by atoms with Gasteiger partial charge < -0.3 is 0 Å². The monoisotopic (exact) mass is 321 g/mol. The first kappa shape index (κ1) is 17.7. The molecule has 1 aliphatic rings. The maximum atomic E-state index is 4.79. The lowest BCUT2D eigenvalue weighted by Gasteiger charge is -2.19. The third-order valence-corrected chi connectivity index (χ3v) is 5.13. The molecule has 0 aromatic carbocycles. The fraction of sp³-hybridized carbons (Fsp3) is 0.778. The van der Waals surface area contributed by atoms with Crippen molar-refractivity contribution in [2.45, 2.75) is 76.9 Å². The molecule has 1 saturated heterocycles. The molecule has 1 aliphatic heterocycles. The van der Waals surface area contributed by atoms with Crippen molar-refractivity contribution in [2.24, 2.45) is 0 Å². The van der Waals surface area contributed by atoms with Crippen LogP contribution in [0.5, 0.6) is 0 Å². The van der Waals surface area contributed by atoms with Gasteiger partial charge in [0.2, 0.25) is 0 Å². The van der Waals surface area contributed by atoms with E-state index >= 15 is 0 Å². The van der Waals surface area contributed by atoms with Crippen LogP contribution in [0.1, 0.15) is 69.7 Å². The smallest absolute Gasteiger partial charge is 0.188 e. The van der Waals surface area contributed by atoms with E-state index in [1.54, 1.807) is 0 Å². The van der Waals surface area contributed by atoms with Gasteiger partial charge in [-0.15, -0.1) is 0 Å². The van der Waals surface area contributed by atoms with Gasteiger partial charge in [-0.1, -0.05) is 50.8 Å². The number of hydrogen-bond donors (Lipinski definition) is 0. The predicted octanol–water partition coefficient (Wildman–Crippen LogP) is 4.83. The first-order valence-corrected chi connectivity index (χ1v) is 9.96. The van der Waals surface area contributed by atoms with Gasteiger partial charge in [-0.3, -0.25) is 4.90 Å². The Bertz CT molecular complexity index is 428. The van der Waals surface area contributed by atoms with Crippen LogP contribution in [-0.2, 0) is 6.54 Å². The Hall–Kier alpha value is -0.610. The summed E-state index contributed by atoms with van der Waals surface area (Å²) >= 11 is 1.82. The molecule has 0 bridgehead atoms. The minimum Gasteiger partial charge on any atom is -0.298 e. The first-order chi connectivity index (χ1) is 10.8. The number of aryl methyl sites for hydroxylation is 1. The Morgan fingerprint density at radius 2 is 1.82 bits per heavy atom. The summed E-state index contributed by atoms with van der Waals surface area (Å²) in [4.78, 5) is 11.9. The van der Waals surface area contributed by atoms with Gasteiger partial charge in [-0.2, -0.15) is 0 Å². The van der Waals surface area contributed by atoms with E-state index in [1.165, 1.54) is 70.2 Å². The summed E-state index contributed by atoms with van der Waals surface area (Å²) in [5.74, 6) is 1.15. The van der Waals surface area contributed by atoms with Gasteiger partial charge in [0.05, 0.1) is 5.69 Å². The molecule has 124 valence electrons. The van der Waals surface area contributed by atoms with Gasteiger partial charge >= 0.3 is 0 Å². The van der Waals surface area contributed by atoms with Crippen LogP contribution in [0.15, 0.2) is 11.2 Å². The first-order valence-electron chi connectivity index (χ1n) is 8.97. The molecule has 1 fully saturated rings. The van der Waals surface area contributed by atoms with Crippen LogP contribution in [0.25, 0.3) is 0 Å². The highest BCUT2D eigenvalue weighted by Crippen LogP contribution is 2.18. The van der Waals surface area contributed by atoms with Crippen molar-refractivity contribution in [3.63, 3.8) is 0 Å². The quantitative estimate of drug-likeness (QED) is 0.389. The third kappa shape index (κ3) is 6.66. The van der Waals surface area contributed by atoms with Crippen molar-refractivity contribution in [3.05, 3.63) is 17.5 Å². The molecule has 2 rings (SSSR count).